The summed E-state index contributed by atoms with van der Waals surface area (Å²) >= 11 is 0. The number of hydrogen-bond donors (Lipinski definition) is 0. The minimum absolute atomic E-state index is 0.00476. The largest absolute Gasteiger partial charge is 0.443 e. The second kappa shape index (κ2) is 11.5. The predicted molar refractivity (Wildman–Crippen MR) is 159 cm³/mol. The summed E-state index contributed by atoms with van der Waals surface area (Å²) in [6, 6.07) is 30.5. The van der Waals surface area contributed by atoms with Crippen LogP contribution in [0.4, 0.5) is 4.79 Å². The second-order valence-corrected chi connectivity index (χ2v) is 16.7. The number of ether oxygens (including phenoxy) is 1. The monoisotopic (exact) mass is 543 g/mol. The van der Waals surface area contributed by atoms with E-state index in [2.05, 4.69) is 81.4 Å². The summed E-state index contributed by atoms with van der Waals surface area (Å²) in [5.41, 5.74) is 0.391. The lowest BCUT2D eigenvalue weighted by atomic mass is 9.85. The van der Waals surface area contributed by atoms with Crippen molar-refractivity contribution in [3.8, 4) is 0 Å². The number of amides is 2. The van der Waals surface area contributed by atoms with Crippen LogP contribution in [0.1, 0.15) is 65.9 Å². The molecule has 0 radical (unpaired) electrons. The molecule has 0 saturated carbocycles. The normalized spacial score (nSPS) is 18.6. The molecule has 2 amide bonds. The maximum Gasteiger partial charge on any atom is 0.417 e. The molecule has 2 atom stereocenters. The van der Waals surface area contributed by atoms with Gasteiger partial charge in [0.05, 0.1) is 12.6 Å². The molecule has 0 unspecified atom stereocenters. The maximum atomic E-state index is 13.6. The van der Waals surface area contributed by atoms with Gasteiger partial charge in [-0.05, 0) is 54.1 Å². The molecule has 0 spiro atoms. The van der Waals surface area contributed by atoms with E-state index in [9.17, 15) is 9.59 Å². The van der Waals surface area contributed by atoms with Gasteiger partial charge in [0.2, 0.25) is 5.91 Å². The van der Waals surface area contributed by atoms with Crippen LogP contribution in [0.25, 0.3) is 0 Å². The number of nitrogens with zero attached hydrogens (tertiary/aromatic N) is 1. The molecule has 6 heteroatoms. The van der Waals surface area contributed by atoms with E-state index in [1.165, 1.54) is 4.90 Å². The van der Waals surface area contributed by atoms with Crippen LogP contribution < -0.4 is 10.4 Å². The summed E-state index contributed by atoms with van der Waals surface area (Å²) in [4.78, 5) is 28.3. The average Bonchev–Trinajstić information content (AvgIpc) is 2.88. The van der Waals surface area contributed by atoms with Crippen molar-refractivity contribution in [3.63, 3.8) is 0 Å². The zero-order valence-corrected chi connectivity index (χ0v) is 25.0. The maximum absolute atomic E-state index is 13.6. The van der Waals surface area contributed by atoms with Crippen LogP contribution in [-0.2, 0) is 14.0 Å². The van der Waals surface area contributed by atoms with Crippen molar-refractivity contribution in [2.24, 2.45) is 0 Å². The molecule has 1 aliphatic heterocycles. The highest BCUT2D eigenvalue weighted by atomic mass is 28.4. The zero-order valence-electron chi connectivity index (χ0n) is 24.0. The minimum atomic E-state index is -2.86. The molecule has 1 fully saturated rings. The molecule has 3 aromatic carbocycles. The first-order chi connectivity index (χ1) is 18.4. The summed E-state index contributed by atoms with van der Waals surface area (Å²) in [5.74, 6) is -0.217. The van der Waals surface area contributed by atoms with Gasteiger partial charge in [-0.2, -0.15) is 0 Å². The number of rotatable bonds is 6. The quantitative estimate of drug-likeness (QED) is 0.344. The highest BCUT2D eigenvalue weighted by Gasteiger charge is 2.51. The lowest BCUT2D eigenvalue weighted by Crippen LogP contribution is -2.67. The summed E-state index contributed by atoms with van der Waals surface area (Å²) in [7, 11) is -2.86. The van der Waals surface area contributed by atoms with E-state index in [-0.39, 0.29) is 29.9 Å². The number of carbonyl (C=O) groups is 2. The van der Waals surface area contributed by atoms with Crippen molar-refractivity contribution >= 4 is 30.7 Å². The van der Waals surface area contributed by atoms with Crippen molar-refractivity contribution in [2.45, 2.75) is 77.0 Å². The van der Waals surface area contributed by atoms with E-state index >= 15 is 0 Å². The first kappa shape index (κ1) is 28.8. The number of likely N-dealkylation sites (tertiary alicyclic amines) is 1. The highest BCUT2D eigenvalue weighted by Crippen LogP contribution is 2.39. The Morgan fingerprint density at radius 1 is 0.821 bits per heavy atom. The summed E-state index contributed by atoms with van der Waals surface area (Å²) in [6.07, 6.45) is 0.279. The molecule has 4 rings (SSSR count). The zero-order chi connectivity index (χ0) is 28.3. The summed E-state index contributed by atoms with van der Waals surface area (Å²) < 4.78 is 12.9. The lowest BCUT2D eigenvalue weighted by Gasteiger charge is -2.45. The van der Waals surface area contributed by atoms with Gasteiger partial charge in [0.1, 0.15) is 5.60 Å². The van der Waals surface area contributed by atoms with Gasteiger partial charge >= 0.3 is 6.09 Å². The highest BCUT2D eigenvalue weighted by molar-refractivity contribution is 6.99. The summed E-state index contributed by atoms with van der Waals surface area (Å²) in [5, 5.41) is 2.10. The fraction of sp³-hybridized carbons (Fsp3) is 0.394. The van der Waals surface area contributed by atoms with Crippen LogP contribution in [0.2, 0.25) is 5.04 Å². The SMILES string of the molecule is CC(C)(C)OC(=O)N1C(=O)C[C@@H](c2ccccc2)C[C@H]1CO[Si](c1ccccc1)(c1ccccc1)C(C)(C)C. The van der Waals surface area contributed by atoms with Gasteiger partial charge in [0.15, 0.2) is 0 Å². The Kier molecular flexibility index (Phi) is 8.47. The van der Waals surface area contributed by atoms with Gasteiger partial charge in [-0.3, -0.25) is 4.79 Å². The number of imide groups is 1. The number of carbonyl (C=O) groups excluding carboxylic acids is 2. The van der Waals surface area contributed by atoms with Crippen LogP contribution in [-0.4, -0.2) is 43.5 Å². The van der Waals surface area contributed by atoms with Gasteiger partial charge in [-0.25, -0.2) is 9.69 Å². The number of piperidine rings is 1. The topological polar surface area (TPSA) is 55.8 Å². The van der Waals surface area contributed by atoms with E-state index in [0.717, 1.165) is 15.9 Å². The van der Waals surface area contributed by atoms with Gasteiger partial charge in [0, 0.05) is 6.42 Å². The molecule has 1 saturated heterocycles. The first-order valence-electron chi connectivity index (χ1n) is 13.8. The Morgan fingerprint density at radius 3 is 1.77 bits per heavy atom. The molecule has 0 aliphatic carbocycles. The molecule has 3 aromatic rings. The molecule has 0 bridgehead atoms. The number of benzene rings is 3. The van der Waals surface area contributed by atoms with Crippen LogP contribution in [0, 0.1) is 0 Å². The van der Waals surface area contributed by atoms with Crippen molar-refractivity contribution in [3.05, 3.63) is 96.6 Å². The van der Waals surface area contributed by atoms with Crippen LogP contribution in [0.15, 0.2) is 91.0 Å². The third-order valence-electron chi connectivity index (χ3n) is 7.38. The molecule has 1 heterocycles. The lowest BCUT2D eigenvalue weighted by molar-refractivity contribution is -0.136. The fourth-order valence-corrected chi connectivity index (χ4v) is 10.3. The van der Waals surface area contributed by atoms with Crippen molar-refractivity contribution in [1.29, 1.82) is 0 Å². The van der Waals surface area contributed by atoms with Gasteiger partial charge in [0.25, 0.3) is 8.32 Å². The molecule has 0 aromatic heterocycles. The molecule has 5 nitrogen and oxygen atoms in total. The predicted octanol–water partition coefficient (Wildman–Crippen LogP) is 6.27. The Balaban J connectivity index is 1.75. The third-order valence-corrected chi connectivity index (χ3v) is 12.4. The summed E-state index contributed by atoms with van der Waals surface area (Å²) in [6.45, 7) is 12.4. The fourth-order valence-electron chi connectivity index (χ4n) is 5.70. The van der Waals surface area contributed by atoms with E-state index in [4.69, 9.17) is 9.16 Å². The van der Waals surface area contributed by atoms with Gasteiger partial charge in [-0.1, -0.05) is 112 Å². The van der Waals surface area contributed by atoms with E-state index < -0.39 is 26.1 Å². The average molecular weight is 544 g/mol. The van der Waals surface area contributed by atoms with Crippen LogP contribution >= 0.6 is 0 Å². The third kappa shape index (κ3) is 6.34. The molecule has 206 valence electrons. The van der Waals surface area contributed by atoms with Crippen LogP contribution in [0.3, 0.4) is 0 Å². The Morgan fingerprint density at radius 2 is 1.31 bits per heavy atom. The van der Waals surface area contributed by atoms with Crippen LogP contribution in [0.5, 0.6) is 0 Å². The first-order valence-corrected chi connectivity index (χ1v) is 15.7. The molecular weight excluding hydrogens is 502 g/mol. The van der Waals surface area contributed by atoms with Gasteiger partial charge in [-0.15, -0.1) is 0 Å². The standard InChI is InChI=1S/C33H41NO4Si/c1-32(2,3)38-31(36)34-27(22-26(23-30(34)35)25-16-10-7-11-17-25)24-37-39(33(4,5)6,28-18-12-8-13-19-28)29-20-14-9-15-21-29/h7-21,26-27H,22-24H2,1-6H3/t26-,27-/m0/s1. The van der Waals surface area contributed by atoms with Crippen molar-refractivity contribution in [1.82, 2.24) is 4.90 Å². The van der Waals surface area contributed by atoms with Gasteiger partial charge < -0.3 is 9.16 Å². The molecule has 0 N–H and O–H groups in total. The van der Waals surface area contributed by atoms with E-state index in [0.29, 0.717) is 6.42 Å². The Labute approximate surface area is 234 Å². The smallest absolute Gasteiger partial charge is 0.417 e. The molecule has 39 heavy (non-hydrogen) atoms. The van der Waals surface area contributed by atoms with Crippen molar-refractivity contribution < 1.29 is 18.8 Å². The van der Waals surface area contributed by atoms with E-state index in [1.807, 2.05) is 51.1 Å². The minimum Gasteiger partial charge on any atom is -0.443 e. The Hall–Kier alpha value is -3.22. The van der Waals surface area contributed by atoms with Crippen molar-refractivity contribution in [2.75, 3.05) is 6.61 Å². The second-order valence-electron chi connectivity index (χ2n) is 12.4. The molecular formula is C33H41NO4Si. The van der Waals surface area contributed by atoms with E-state index in [1.54, 1.807) is 0 Å². The Bertz CT molecular complexity index is 1210. The molecule has 1 aliphatic rings. The number of hydrogen-bond acceptors (Lipinski definition) is 4.